The molecule has 0 radical (unpaired) electrons. The normalized spacial score (nSPS) is 10.6. The molecule has 176 valence electrons. The Hall–Kier alpha value is -3.65. The molecule has 3 rings (SSSR count). The Morgan fingerprint density at radius 2 is 1.62 bits per heavy atom. The van der Waals surface area contributed by atoms with Crippen LogP contribution in [0.25, 0.3) is 0 Å². The van der Waals surface area contributed by atoms with Crippen LogP contribution in [0.4, 0.5) is 14.9 Å². The summed E-state index contributed by atoms with van der Waals surface area (Å²) in [6.45, 7) is 3.48. The van der Waals surface area contributed by atoms with Crippen LogP contribution in [0, 0.1) is 5.82 Å². The number of nitrogens with one attached hydrogen (secondary N) is 1. The molecule has 3 aromatic carbocycles. The first-order valence-corrected chi connectivity index (χ1v) is 11.5. The number of anilines is 1. The minimum atomic E-state index is -0.669. The van der Waals surface area contributed by atoms with E-state index in [1.807, 2.05) is 44.2 Å². The summed E-state index contributed by atoms with van der Waals surface area (Å²) in [7, 11) is 0. The summed E-state index contributed by atoms with van der Waals surface area (Å²) in [4.78, 5) is 38.3. The minimum absolute atomic E-state index is 0.00136. The quantitative estimate of drug-likeness (QED) is 0.315. The number of amides is 2. The number of carbonyl (C=O) groups excluding carboxylic acids is 3. The van der Waals surface area contributed by atoms with Gasteiger partial charge >= 0.3 is 6.09 Å². The first-order valence-electron chi connectivity index (χ1n) is 10.7. The third-order valence-electron chi connectivity index (χ3n) is 4.57. The molecule has 0 heterocycles. The summed E-state index contributed by atoms with van der Waals surface area (Å²) in [5, 5.41) is 2.57. The van der Waals surface area contributed by atoms with Gasteiger partial charge in [0, 0.05) is 16.4 Å². The largest absolute Gasteiger partial charge is 0.444 e. The van der Waals surface area contributed by atoms with E-state index in [1.54, 1.807) is 30.3 Å². The summed E-state index contributed by atoms with van der Waals surface area (Å²) in [6, 6.07) is 21.3. The van der Waals surface area contributed by atoms with Crippen molar-refractivity contribution in [2.75, 3.05) is 11.9 Å². The smallest absolute Gasteiger partial charge is 0.420 e. The van der Waals surface area contributed by atoms with Crippen molar-refractivity contribution in [3.8, 4) is 0 Å². The zero-order valence-corrected chi connectivity index (χ0v) is 19.7. The molecule has 0 bridgehead atoms. The predicted molar refractivity (Wildman–Crippen MR) is 131 cm³/mol. The number of carbonyl (C=O) groups is 3. The topological polar surface area (TPSA) is 75.7 Å². The minimum Gasteiger partial charge on any atom is -0.444 e. The van der Waals surface area contributed by atoms with Crippen LogP contribution in [0.3, 0.4) is 0 Å². The second-order valence-corrected chi connectivity index (χ2v) is 9.26. The van der Waals surface area contributed by atoms with Crippen molar-refractivity contribution in [3.63, 3.8) is 0 Å². The van der Waals surface area contributed by atoms with Crippen LogP contribution in [0.2, 0.25) is 0 Å². The van der Waals surface area contributed by atoms with Gasteiger partial charge in [-0.3, -0.25) is 9.59 Å². The van der Waals surface area contributed by atoms with E-state index in [-0.39, 0.29) is 35.4 Å². The number of ether oxygens (including phenoxy) is 1. The molecule has 6 nitrogen and oxygen atoms in total. The number of hydrogen-bond acceptors (Lipinski definition) is 5. The van der Waals surface area contributed by atoms with Gasteiger partial charge in [0.1, 0.15) is 19.0 Å². The Bertz CT molecular complexity index is 1140. The summed E-state index contributed by atoms with van der Waals surface area (Å²) in [5.74, 6) is -1.54. The maximum Gasteiger partial charge on any atom is 0.420 e. The lowest BCUT2D eigenvalue weighted by molar-refractivity contribution is -0.116. The zero-order chi connectivity index (χ0) is 24.5. The van der Waals surface area contributed by atoms with Crippen molar-refractivity contribution < 1.29 is 23.5 Å². The highest BCUT2D eigenvalue weighted by atomic mass is 32.2. The lowest BCUT2D eigenvalue weighted by atomic mass is 10.0. The van der Waals surface area contributed by atoms with E-state index < -0.39 is 17.8 Å². The number of hydrogen-bond donors (Lipinski definition) is 1. The monoisotopic (exact) mass is 480 g/mol. The molecule has 0 aliphatic carbocycles. The molecule has 1 N–H and O–H groups in total. The lowest BCUT2D eigenvalue weighted by Crippen LogP contribution is -2.35. The summed E-state index contributed by atoms with van der Waals surface area (Å²) in [6.07, 6.45) is -0.669. The summed E-state index contributed by atoms with van der Waals surface area (Å²) >= 11 is 1.15. The van der Waals surface area contributed by atoms with Crippen molar-refractivity contribution in [2.24, 2.45) is 0 Å². The van der Waals surface area contributed by atoms with E-state index >= 15 is 0 Å². The van der Waals surface area contributed by atoms with Gasteiger partial charge in [0.2, 0.25) is 5.91 Å². The third-order valence-corrected chi connectivity index (χ3v) is 5.52. The number of benzene rings is 3. The number of ketones is 1. The lowest BCUT2D eigenvalue weighted by Gasteiger charge is -2.22. The molecular weight excluding hydrogens is 455 g/mol. The van der Waals surface area contributed by atoms with Crippen molar-refractivity contribution in [3.05, 3.63) is 101 Å². The van der Waals surface area contributed by atoms with E-state index in [0.29, 0.717) is 5.56 Å². The first-order chi connectivity index (χ1) is 16.3. The number of halogens is 1. The fraction of sp³-hybridized carbons (Fsp3) is 0.192. The van der Waals surface area contributed by atoms with Crippen LogP contribution < -0.4 is 5.32 Å². The molecule has 0 spiro atoms. The SMILES string of the molecule is CC(C)SN(CC(=O)Nc1cc(F)ccc1C(=O)c1ccccc1)C(=O)OCc1ccccc1. The zero-order valence-electron chi connectivity index (χ0n) is 18.9. The second kappa shape index (κ2) is 12.0. The van der Waals surface area contributed by atoms with Crippen LogP contribution in [-0.4, -0.2) is 33.9 Å². The van der Waals surface area contributed by atoms with Gasteiger partial charge in [-0.25, -0.2) is 13.5 Å². The maximum atomic E-state index is 13.9. The van der Waals surface area contributed by atoms with Gasteiger partial charge in [-0.15, -0.1) is 0 Å². The van der Waals surface area contributed by atoms with Crippen LogP contribution in [0.15, 0.2) is 78.9 Å². The van der Waals surface area contributed by atoms with Crippen LogP contribution >= 0.6 is 11.9 Å². The second-order valence-electron chi connectivity index (χ2n) is 7.66. The Balaban J connectivity index is 1.72. The molecule has 0 aromatic heterocycles. The molecule has 34 heavy (non-hydrogen) atoms. The third kappa shape index (κ3) is 7.18. The summed E-state index contributed by atoms with van der Waals surface area (Å²) in [5.41, 5.74) is 1.41. The molecular formula is C26H25FN2O4S. The van der Waals surface area contributed by atoms with E-state index in [0.717, 1.165) is 29.6 Å². The molecule has 3 aromatic rings. The van der Waals surface area contributed by atoms with E-state index in [2.05, 4.69) is 5.32 Å². The molecule has 0 fully saturated rings. The number of rotatable bonds is 9. The Morgan fingerprint density at radius 1 is 0.971 bits per heavy atom. The van der Waals surface area contributed by atoms with Crippen molar-refractivity contribution in [1.29, 1.82) is 0 Å². The Morgan fingerprint density at radius 3 is 2.26 bits per heavy atom. The molecule has 0 saturated carbocycles. The first kappa shape index (κ1) is 25.0. The molecule has 8 heteroatoms. The van der Waals surface area contributed by atoms with Crippen LogP contribution in [-0.2, 0) is 16.1 Å². The molecule has 0 aliphatic heterocycles. The maximum absolute atomic E-state index is 13.9. The van der Waals surface area contributed by atoms with Crippen LogP contribution in [0.5, 0.6) is 0 Å². The Kier molecular flexibility index (Phi) is 8.81. The van der Waals surface area contributed by atoms with Crippen molar-refractivity contribution in [2.45, 2.75) is 25.7 Å². The molecule has 2 amide bonds. The van der Waals surface area contributed by atoms with Gasteiger partial charge < -0.3 is 10.1 Å². The molecule has 0 aliphatic rings. The van der Waals surface area contributed by atoms with Gasteiger partial charge in [-0.1, -0.05) is 74.5 Å². The van der Waals surface area contributed by atoms with Gasteiger partial charge in [0.25, 0.3) is 0 Å². The summed E-state index contributed by atoms with van der Waals surface area (Å²) < 4.78 is 20.5. The molecule has 0 atom stereocenters. The average molecular weight is 481 g/mol. The predicted octanol–water partition coefficient (Wildman–Crippen LogP) is 5.69. The van der Waals surface area contributed by atoms with Gasteiger partial charge in [-0.2, -0.15) is 0 Å². The van der Waals surface area contributed by atoms with E-state index in [1.165, 1.54) is 10.4 Å². The van der Waals surface area contributed by atoms with Crippen LogP contribution in [0.1, 0.15) is 35.3 Å². The standard InChI is InChI=1S/C26H25FN2O4S/c1-18(2)34-29(26(32)33-17-19-9-5-3-6-10-19)16-24(30)28-23-15-21(27)13-14-22(23)25(31)20-11-7-4-8-12-20/h3-15,18H,16-17H2,1-2H3,(H,28,30). The molecule has 0 unspecified atom stereocenters. The van der Waals surface area contributed by atoms with Gasteiger partial charge in [0.05, 0.1) is 5.69 Å². The highest BCUT2D eigenvalue weighted by molar-refractivity contribution is 7.98. The van der Waals surface area contributed by atoms with Gasteiger partial charge in [0.15, 0.2) is 5.78 Å². The van der Waals surface area contributed by atoms with E-state index in [4.69, 9.17) is 4.74 Å². The van der Waals surface area contributed by atoms with Crippen molar-refractivity contribution in [1.82, 2.24) is 4.31 Å². The molecule has 0 saturated heterocycles. The fourth-order valence-electron chi connectivity index (χ4n) is 3.07. The van der Waals surface area contributed by atoms with E-state index in [9.17, 15) is 18.8 Å². The Labute approximate surface area is 202 Å². The highest BCUT2D eigenvalue weighted by Gasteiger charge is 2.23. The van der Waals surface area contributed by atoms with Crippen molar-refractivity contribution >= 4 is 35.4 Å². The fourth-order valence-corrected chi connectivity index (χ4v) is 3.91. The van der Waals surface area contributed by atoms with Gasteiger partial charge in [-0.05, 0) is 35.7 Å². The highest BCUT2D eigenvalue weighted by Crippen LogP contribution is 2.23. The number of nitrogens with zero attached hydrogens (tertiary/aromatic N) is 1. The average Bonchev–Trinajstić information content (AvgIpc) is 2.82.